The quantitative estimate of drug-likeness (QED) is 0.560. The largest absolute Gasteiger partial charge is 0.392 e. The standard InChI is InChI=1S/C21H33N5O2/c1-2-22-21(23-15-18-7-3-4-8-19(18)17-27)26-13-11-24(12-14-26)16-20(28)25-9-5-6-10-25/h3-4,7-8,27H,2,5-6,9-17H2,1H3,(H,22,23). The molecular weight excluding hydrogens is 354 g/mol. The summed E-state index contributed by atoms with van der Waals surface area (Å²) in [5.41, 5.74) is 1.97. The van der Waals surface area contributed by atoms with Gasteiger partial charge in [0.2, 0.25) is 5.91 Å². The topological polar surface area (TPSA) is 71.4 Å². The van der Waals surface area contributed by atoms with E-state index in [4.69, 9.17) is 4.99 Å². The lowest BCUT2D eigenvalue weighted by molar-refractivity contribution is -0.131. The minimum atomic E-state index is 0.0337. The predicted octanol–water partition coefficient (Wildman–Crippen LogP) is 0.884. The van der Waals surface area contributed by atoms with Gasteiger partial charge in [0, 0.05) is 45.8 Å². The molecule has 154 valence electrons. The Balaban J connectivity index is 1.54. The number of aliphatic hydroxyl groups is 1. The maximum Gasteiger partial charge on any atom is 0.236 e. The van der Waals surface area contributed by atoms with Crippen LogP contribution in [0.1, 0.15) is 30.9 Å². The Labute approximate surface area is 168 Å². The lowest BCUT2D eigenvalue weighted by Crippen LogP contribution is -2.54. The molecule has 0 aromatic heterocycles. The van der Waals surface area contributed by atoms with E-state index in [0.29, 0.717) is 13.1 Å². The first-order valence-corrected chi connectivity index (χ1v) is 10.4. The lowest BCUT2D eigenvalue weighted by Gasteiger charge is -2.36. The third-order valence-electron chi connectivity index (χ3n) is 5.51. The van der Waals surface area contributed by atoms with Crippen molar-refractivity contribution < 1.29 is 9.90 Å². The lowest BCUT2D eigenvalue weighted by atomic mass is 10.1. The number of nitrogens with zero attached hydrogens (tertiary/aromatic N) is 4. The van der Waals surface area contributed by atoms with Crippen LogP contribution in [0, 0.1) is 0 Å². The summed E-state index contributed by atoms with van der Waals surface area (Å²) in [5.74, 6) is 1.17. The molecule has 2 fully saturated rings. The normalized spacial score (nSPS) is 18.6. The number of hydrogen-bond donors (Lipinski definition) is 2. The Kier molecular flexibility index (Phi) is 7.68. The highest BCUT2D eigenvalue weighted by Gasteiger charge is 2.24. The molecule has 2 N–H and O–H groups in total. The first kappa shape index (κ1) is 20.6. The van der Waals surface area contributed by atoms with Crippen LogP contribution in [0.15, 0.2) is 29.3 Å². The van der Waals surface area contributed by atoms with Gasteiger partial charge in [0.1, 0.15) is 0 Å². The molecule has 28 heavy (non-hydrogen) atoms. The van der Waals surface area contributed by atoms with E-state index in [-0.39, 0.29) is 12.5 Å². The molecule has 0 spiro atoms. The van der Waals surface area contributed by atoms with Crippen LogP contribution in [0.5, 0.6) is 0 Å². The summed E-state index contributed by atoms with van der Waals surface area (Å²) in [6.45, 7) is 9.31. The third kappa shape index (κ3) is 5.45. The molecule has 0 radical (unpaired) electrons. The zero-order valence-corrected chi connectivity index (χ0v) is 16.9. The molecule has 1 aromatic rings. The second kappa shape index (κ2) is 10.4. The summed E-state index contributed by atoms with van der Waals surface area (Å²) in [6.07, 6.45) is 2.28. The van der Waals surface area contributed by atoms with E-state index < -0.39 is 0 Å². The fourth-order valence-corrected chi connectivity index (χ4v) is 3.83. The number of benzene rings is 1. The molecule has 2 aliphatic heterocycles. The van der Waals surface area contributed by atoms with Crippen LogP contribution in [-0.4, -0.2) is 84.0 Å². The molecule has 7 heteroatoms. The molecule has 2 saturated heterocycles. The van der Waals surface area contributed by atoms with Gasteiger partial charge in [-0.25, -0.2) is 4.99 Å². The molecule has 0 bridgehead atoms. The van der Waals surface area contributed by atoms with Crippen molar-refractivity contribution in [3.05, 3.63) is 35.4 Å². The van der Waals surface area contributed by atoms with Crippen molar-refractivity contribution in [2.24, 2.45) is 4.99 Å². The van der Waals surface area contributed by atoms with Crippen LogP contribution in [0.2, 0.25) is 0 Å². The Morgan fingerprint density at radius 1 is 1.04 bits per heavy atom. The van der Waals surface area contributed by atoms with Crippen LogP contribution in [0.25, 0.3) is 0 Å². The maximum absolute atomic E-state index is 12.4. The molecular formula is C21H33N5O2. The van der Waals surface area contributed by atoms with Gasteiger partial charge in [0.25, 0.3) is 0 Å². The number of aliphatic imine (C=N–C) groups is 1. The molecule has 7 nitrogen and oxygen atoms in total. The van der Waals surface area contributed by atoms with Crippen molar-refractivity contribution in [3.63, 3.8) is 0 Å². The van der Waals surface area contributed by atoms with Gasteiger partial charge in [-0.2, -0.15) is 0 Å². The number of nitrogens with one attached hydrogen (secondary N) is 1. The zero-order chi connectivity index (χ0) is 19.8. The van der Waals surface area contributed by atoms with Crippen LogP contribution in [-0.2, 0) is 17.9 Å². The maximum atomic E-state index is 12.4. The number of guanidine groups is 1. The molecule has 1 amide bonds. The predicted molar refractivity (Wildman–Crippen MR) is 111 cm³/mol. The van der Waals surface area contributed by atoms with Gasteiger partial charge in [-0.15, -0.1) is 0 Å². The average Bonchev–Trinajstić information content (AvgIpc) is 3.27. The van der Waals surface area contributed by atoms with E-state index in [1.165, 1.54) is 0 Å². The van der Waals surface area contributed by atoms with Crippen LogP contribution in [0.4, 0.5) is 0 Å². The minimum Gasteiger partial charge on any atom is -0.392 e. The van der Waals surface area contributed by atoms with Gasteiger partial charge in [0.05, 0.1) is 19.7 Å². The van der Waals surface area contributed by atoms with Gasteiger partial charge in [-0.1, -0.05) is 24.3 Å². The van der Waals surface area contributed by atoms with Gasteiger partial charge < -0.3 is 20.2 Å². The highest BCUT2D eigenvalue weighted by Crippen LogP contribution is 2.12. The van der Waals surface area contributed by atoms with E-state index in [9.17, 15) is 9.90 Å². The number of amides is 1. The smallest absolute Gasteiger partial charge is 0.236 e. The monoisotopic (exact) mass is 387 g/mol. The van der Waals surface area contributed by atoms with Crippen LogP contribution in [0.3, 0.4) is 0 Å². The van der Waals surface area contributed by atoms with E-state index in [0.717, 1.165) is 75.7 Å². The van der Waals surface area contributed by atoms with Gasteiger partial charge in [0.15, 0.2) is 5.96 Å². The van der Waals surface area contributed by atoms with E-state index in [2.05, 4.69) is 22.0 Å². The molecule has 1 aromatic carbocycles. The Hall–Kier alpha value is -2.12. The summed E-state index contributed by atoms with van der Waals surface area (Å²) in [4.78, 5) is 23.7. The highest BCUT2D eigenvalue weighted by atomic mass is 16.3. The first-order valence-electron chi connectivity index (χ1n) is 10.4. The number of carbonyl (C=O) groups is 1. The summed E-state index contributed by atoms with van der Waals surface area (Å²) in [7, 11) is 0. The van der Waals surface area contributed by atoms with Gasteiger partial charge in [-0.05, 0) is 30.9 Å². The van der Waals surface area contributed by atoms with Crippen LogP contribution >= 0.6 is 0 Å². The molecule has 0 unspecified atom stereocenters. The van der Waals surface area contributed by atoms with Crippen LogP contribution < -0.4 is 5.32 Å². The molecule has 3 rings (SSSR count). The molecule has 2 heterocycles. The Morgan fingerprint density at radius 2 is 1.71 bits per heavy atom. The summed E-state index contributed by atoms with van der Waals surface area (Å²) in [6, 6.07) is 7.87. The minimum absolute atomic E-state index is 0.0337. The number of carbonyl (C=O) groups excluding carboxylic acids is 1. The first-order chi connectivity index (χ1) is 13.7. The van der Waals surface area contributed by atoms with E-state index >= 15 is 0 Å². The number of hydrogen-bond acceptors (Lipinski definition) is 4. The fourth-order valence-electron chi connectivity index (χ4n) is 3.83. The molecule has 0 aliphatic carbocycles. The summed E-state index contributed by atoms with van der Waals surface area (Å²) >= 11 is 0. The Morgan fingerprint density at radius 3 is 2.36 bits per heavy atom. The van der Waals surface area contributed by atoms with Crippen molar-refractivity contribution >= 4 is 11.9 Å². The average molecular weight is 388 g/mol. The third-order valence-corrected chi connectivity index (χ3v) is 5.51. The molecule has 0 saturated carbocycles. The number of piperazine rings is 1. The number of aliphatic hydroxyl groups excluding tert-OH is 1. The van der Waals surface area contributed by atoms with E-state index in [1.807, 2.05) is 29.2 Å². The number of rotatable bonds is 6. The zero-order valence-electron chi connectivity index (χ0n) is 16.9. The Bertz CT molecular complexity index is 665. The van der Waals surface area contributed by atoms with E-state index in [1.54, 1.807) is 0 Å². The van der Waals surface area contributed by atoms with Crippen molar-refractivity contribution in [3.8, 4) is 0 Å². The molecule has 2 aliphatic rings. The highest BCUT2D eigenvalue weighted by molar-refractivity contribution is 5.80. The van der Waals surface area contributed by atoms with Crippen molar-refractivity contribution in [2.45, 2.75) is 32.9 Å². The van der Waals surface area contributed by atoms with Gasteiger partial charge >= 0.3 is 0 Å². The van der Waals surface area contributed by atoms with Gasteiger partial charge in [-0.3, -0.25) is 9.69 Å². The second-order valence-electron chi connectivity index (χ2n) is 7.45. The number of likely N-dealkylation sites (tertiary alicyclic amines) is 1. The van der Waals surface area contributed by atoms with Crippen molar-refractivity contribution in [1.29, 1.82) is 0 Å². The summed E-state index contributed by atoms with van der Waals surface area (Å²) in [5, 5.41) is 12.9. The molecule has 0 atom stereocenters. The fraction of sp³-hybridized carbons (Fsp3) is 0.619. The SMILES string of the molecule is CCNC(=NCc1ccccc1CO)N1CCN(CC(=O)N2CCCC2)CC1. The summed E-state index contributed by atoms with van der Waals surface area (Å²) < 4.78 is 0. The van der Waals surface area contributed by atoms with Crippen molar-refractivity contribution in [2.75, 3.05) is 52.4 Å². The second-order valence-corrected chi connectivity index (χ2v) is 7.45. The van der Waals surface area contributed by atoms with Crippen molar-refractivity contribution in [1.82, 2.24) is 20.0 Å².